The Kier molecular flexibility index (Phi) is 3.33. The number of nitrogens with one attached hydrogen (secondary N) is 1. The lowest BCUT2D eigenvalue weighted by atomic mass is 10.0. The average molecular weight is 338 g/mol. The molecule has 1 aromatic carbocycles. The minimum absolute atomic E-state index is 0.0616. The molecular formula is C19H22N4O2. The molecule has 2 aliphatic heterocycles. The highest BCUT2D eigenvalue weighted by atomic mass is 16.2. The van der Waals surface area contributed by atoms with Crippen molar-refractivity contribution in [2.24, 2.45) is 0 Å². The second kappa shape index (κ2) is 5.58. The average Bonchev–Trinajstić information content (AvgIpc) is 3.30. The molecule has 1 saturated carbocycles. The molecule has 6 nitrogen and oxygen atoms in total. The summed E-state index contributed by atoms with van der Waals surface area (Å²) >= 11 is 0. The Morgan fingerprint density at radius 3 is 2.92 bits per heavy atom. The number of aromatic nitrogens is 2. The third-order valence-electron chi connectivity index (χ3n) is 5.82. The van der Waals surface area contributed by atoms with Crippen molar-refractivity contribution in [1.29, 1.82) is 0 Å². The molecule has 1 aromatic heterocycles. The predicted octanol–water partition coefficient (Wildman–Crippen LogP) is 2.25. The van der Waals surface area contributed by atoms with Crippen molar-refractivity contribution in [3.63, 3.8) is 0 Å². The van der Waals surface area contributed by atoms with Crippen LogP contribution in [0.25, 0.3) is 11.0 Å². The summed E-state index contributed by atoms with van der Waals surface area (Å²) in [4.78, 5) is 31.3. The molecule has 1 N–H and O–H groups in total. The molecule has 2 aromatic rings. The summed E-state index contributed by atoms with van der Waals surface area (Å²) in [6.45, 7) is 0.711. The third kappa shape index (κ3) is 2.51. The van der Waals surface area contributed by atoms with Crippen LogP contribution in [-0.4, -0.2) is 44.9 Å². The fraction of sp³-hybridized carbons (Fsp3) is 0.526. The number of imidazole rings is 1. The Labute approximate surface area is 146 Å². The molecule has 3 aliphatic rings. The second-order valence-corrected chi connectivity index (χ2v) is 7.51. The fourth-order valence-electron chi connectivity index (χ4n) is 4.36. The fourth-order valence-corrected chi connectivity index (χ4v) is 4.36. The highest BCUT2D eigenvalue weighted by Crippen LogP contribution is 2.37. The molecule has 130 valence electrons. The van der Waals surface area contributed by atoms with Gasteiger partial charge in [0.15, 0.2) is 0 Å². The molecule has 2 atom stereocenters. The Hall–Kier alpha value is -2.37. The van der Waals surface area contributed by atoms with Crippen LogP contribution in [0.15, 0.2) is 24.5 Å². The summed E-state index contributed by atoms with van der Waals surface area (Å²) in [7, 11) is 0. The molecule has 0 bridgehead atoms. The Morgan fingerprint density at radius 2 is 2.08 bits per heavy atom. The van der Waals surface area contributed by atoms with Crippen LogP contribution in [0.4, 0.5) is 0 Å². The summed E-state index contributed by atoms with van der Waals surface area (Å²) in [5.41, 5.74) is 2.70. The predicted molar refractivity (Wildman–Crippen MR) is 93.2 cm³/mol. The summed E-state index contributed by atoms with van der Waals surface area (Å²) in [6, 6.07) is 6.68. The minimum atomic E-state index is 0.0616. The largest absolute Gasteiger partial charge is 0.351 e. The lowest BCUT2D eigenvalue weighted by Gasteiger charge is -2.27. The highest BCUT2D eigenvalue weighted by molar-refractivity contribution is 5.98. The van der Waals surface area contributed by atoms with Crippen LogP contribution in [0.2, 0.25) is 0 Å². The molecule has 0 radical (unpaired) electrons. The molecular weight excluding hydrogens is 316 g/mol. The molecule has 3 fully saturated rings. The number of amides is 2. The van der Waals surface area contributed by atoms with E-state index in [9.17, 15) is 9.59 Å². The lowest BCUT2D eigenvalue weighted by molar-refractivity contribution is -0.121. The number of hydrogen-bond acceptors (Lipinski definition) is 3. The Bertz CT molecular complexity index is 854. The van der Waals surface area contributed by atoms with Crippen LogP contribution in [0.5, 0.6) is 0 Å². The van der Waals surface area contributed by atoms with Gasteiger partial charge in [-0.1, -0.05) is 0 Å². The number of benzene rings is 1. The number of carbonyl (C=O) groups excluding carboxylic acids is 2. The van der Waals surface area contributed by atoms with Crippen molar-refractivity contribution < 1.29 is 9.59 Å². The highest BCUT2D eigenvalue weighted by Gasteiger charge is 2.39. The molecule has 0 spiro atoms. The van der Waals surface area contributed by atoms with Crippen molar-refractivity contribution in [2.75, 3.05) is 6.54 Å². The lowest BCUT2D eigenvalue weighted by Crippen LogP contribution is -2.44. The van der Waals surface area contributed by atoms with Gasteiger partial charge in [0, 0.05) is 24.6 Å². The van der Waals surface area contributed by atoms with E-state index >= 15 is 0 Å². The van der Waals surface area contributed by atoms with E-state index < -0.39 is 0 Å². The number of likely N-dealkylation sites (tertiary alicyclic amines) is 1. The van der Waals surface area contributed by atoms with Crippen LogP contribution in [0.1, 0.15) is 54.9 Å². The van der Waals surface area contributed by atoms with Crippen molar-refractivity contribution >= 4 is 22.8 Å². The van der Waals surface area contributed by atoms with Gasteiger partial charge in [-0.15, -0.1) is 0 Å². The van der Waals surface area contributed by atoms with Gasteiger partial charge in [0.1, 0.15) is 0 Å². The summed E-state index contributed by atoms with van der Waals surface area (Å²) in [6.07, 6.45) is 7.49. The number of carbonyl (C=O) groups is 2. The van der Waals surface area contributed by atoms with Gasteiger partial charge in [-0.05, 0) is 50.3 Å². The maximum absolute atomic E-state index is 13.1. The molecule has 25 heavy (non-hydrogen) atoms. The zero-order valence-electron chi connectivity index (χ0n) is 14.1. The normalized spacial score (nSPS) is 26.4. The zero-order chi connectivity index (χ0) is 17.0. The number of rotatable bonds is 2. The zero-order valence-corrected chi connectivity index (χ0v) is 14.1. The smallest absolute Gasteiger partial charge is 0.254 e. The third-order valence-corrected chi connectivity index (χ3v) is 5.82. The van der Waals surface area contributed by atoms with Crippen LogP contribution >= 0.6 is 0 Å². The molecule has 5 rings (SSSR count). The minimum Gasteiger partial charge on any atom is -0.351 e. The molecule has 2 saturated heterocycles. The van der Waals surface area contributed by atoms with Crippen molar-refractivity contribution in [3.8, 4) is 0 Å². The molecule has 1 aliphatic carbocycles. The Morgan fingerprint density at radius 1 is 1.20 bits per heavy atom. The molecule has 0 unspecified atom stereocenters. The van der Waals surface area contributed by atoms with Crippen molar-refractivity contribution in [1.82, 2.24) is 19.8 Å². The van der Waals surface area contributed by atoms with E-state index in [1.54, 1.807) is 0 Å². The van der Waals surface area contributed by atoms with Gasteiger partial charge in [-0.25, -0.2) is 4.98 Å². The number of hydrogen-bond donors (Lipinski definition) is 1. The number of nitrogens with zero attached hydrogens (tertiary/aromatic N) is 3. The maximum Gasteiger partial charge on any atom is 0.254 e. The first kappa shape index (κ1) is 14.9. The molecule has 3 heterocycles. The van der Waals surface area contributed by atoms with E-state index in [0.717, 1.165) is 30.3 Å². The van der Waals surface area contributed by atoms with Crippen LogP contribution in [0, 0.1) is 0 Å². The summed E-state index contributed by atoms with van der Waals surface area (Å²) < 4.78 is 2.22. The monoisotopic (exact) mass is 338 g/mol. The first-order valence-electron chi connectivity index (χ1n) is 9.27. The van der Waals surface area contributed by atoms with E-state index in [4.69, 9.17) is 0 Å². The van der Waals surface area contributed by atoms with Gasteiger partial charge in [0.2, 0.25) is 5.91 Å². The standard InChI is InChI=1S/C19H22N4O2/c24-18-3-1-2-16-14(21-18)8-9-22(16)19(25)12-4-7-17-15(10-12)20-11-23(17)13-5-6-13/h4,7,10-11,13-14,16H,1-3,5-6,8-9H2,(H,21,24)/t14-,16-/m1/s1. The summed E-state index contributed by atoms with van der Waals surface area (Å²) in [5.74, 6) is 0.181. The van der Waals surface area contributed by atoms with Gasteiger partial charge >= 0.3 is 0 Å². The topological polar surface area (TPSA) is 67.2 Å². The van der Waals surface area contributed by atoms with E-state index in [2.05, 4.69) is 14.9 Å². The van der Waals surface area contributed by atoms with Crippen molar-refractivity contribution in [2.45, 2.75) is 56.7 Å². The number of fused-ring (bicyclic) bond motifs is 2. The maximum atomic E-state index is 13.1. The van der Waals surface area contributed by atoms with Crippen molar-refractivity contribution in [3.05, 3.63) is 30.1 Å². The van der Waals surface area contributed by atoms with Crippen LogP contribution in [-0.2, 0) is 4.79 Å². The van der Waals surface area contributed by atoms with Crippen LogP contribution in [0.3, 0.4) is 0 Å². The molecule has 2 amide bonds. The quantitative estimate of drug-likeness (QED) is 0.913. The Balaban J connectivity index is 1.42. The van der Waals surface area contributed by atoms with Gasteiger partial charge < -0.3 is 14.8 Å². The van der Waals surface area contributed by atoms with E-state index in [0.29, 0.717) is 24.6 Å². The molecule has 6 heteroatoms. The second-order valence-electron chi connectivity index (χ2n) is 7.51. The summed E-state index contributed by atoms with van der Waals surface area (Å²) in [5, 5.41) is 3.08. The van der Waals surface area contributed by atoms with E-state index in [1.807, 2.05) is 29.4 Å². The van der Waals surface area contributed by atoms with E-state index in [1.165, 1.54) is 12.8 Å². The van der Waals surface area contributed by atoms with Crippen LogP contribution < -0.4 is 5.32 Å². The van der Waals surface area contributed by atoms with Gasteiger partial charge in [-0.3, -0.25) is 9.59 Å². The van der Waals surface area contributed by atoms with Gasteiger partial charge in [0.25, 0.3) is 5.91 Å². The van der Waals surface area contributed by atoms with Gasteiger partial charge in [0.05, 0.1) is 29.4 Å². The SMILES string of the molecule is O=C1CCC[C@@H]2[C@@H](CCN2C(=O)c2ccc3c(c2)ncn3C2CC2)N1. The first-order valence-corrected chi connectivity index (χ1v) is 9.27. The van der Waals surface area contributed by atoms with Gasteiger partial charge in [-0.2, -0.15) is 0 Å². The first-order chi connectivity index (χ1) is 12.2. The van der Waals surface area contributed by atoms with E-state index in [-0.39, 0.29) is 23.9 Å².